The van der Waals surface area contributed by atoms with Crippen molar-refractivity contribution in [3.8, 4) is 0 Å². The Labute approximate surface area is 341 Å². The zero-order valence-electron chi connectivity index (χ0n) is 36.1. The number of ether oxygens (including phenoxy) is 3. The van der Waals surface area contributed by atoms with E-state index in [9.17, 15) is 19.5 Å². The van der Waals surface area contributed by atoms with Crippen molar-refractivity contribution in [1.29, 1.82) is 0 Å². The molecule has 0 saturated carbocycles. The summed E-state index contributed by atoms with van der Waals surface area (Å²) in [5.74, 6) is -0.502. The van der Waals surface area contributed by atoms with E-state index in [1.54, 1.807) is 0 Å². The van der Waals surface area contributed by atoms with E-state index in [1.165, 1.54) is 65.6 Å². The van der Waals surface area contributed by atoms with E-state index in [2.05, 4.69) is 24.5 Å². The highest BCUT2D eigenvalue weighted by Gasteiger charge is 2.25. The van der Waals surface area contributed by atoms with Crippen LogP contribution in [0.4, 0.5) is 11.4 Å². The molecular formula is C46H83N3O7. The average Bonchev–Trinajstić information content (AvgIpc) is 3.20. The van der Waals surface area contributed by atoms with Crippen LogP contribution in [-0.2, 0) is 28.6 Å². The normalized spacial score (nSPS) is 13.4. The van der Waals surface area contributed by atoms with E-state index >= 15 is 0 Å². The smallest absolute Gasteiger partial charge is 0.305 e. The van der Waals surface area contributed by atoms with Crippen LogP contribution in [0.1, 0.15) is 194 Å². The fourth-order valence-corrected chi connectivity index (χ4v) is 7.33. The van der Waals surface area contributed by atoms with Gasteiger partial charge in [-0.1, -0.05) is 142 Å². The SMILES string of the molecule is CCCCCCCCC(O)C(CCCCCCCC(=O)OC)NC(=O)COC(CCCCCCCC)C(CCCCCCCC(=O)OC)Nc1ccc(N)cc1. The molecule has 1 amide bonds. The first kappa shape index (κ1) is 51.2. The van der Waals surface area contributed by atoms with E-state index in [0.717, 1.165) is 108 Å². The second-order valence-corrected chi connectivity index (χ2v) is 15.8. The van der Waals surface area contributed by atoms with Crippen LogP contribution in [-0.4, -0.2) is 68.1 Å². The Balaban J connectivity index is 2.96. The third kappa shape index (κ3) is 27.7. The molecule has 0 heterocycles. The number of nitrogen functional groups attached to an aromatic ring is 1. The van der Waals surface area contributed by atoms with Gasteiger partial charge in [0.25, 0.3) is 0 Å². The largest absolute Gasteiger partial charge is 0.469 e. The zero-order valence-corrected chi connectivity index (χ0v) is 36.1. The number of aliphatic hydroxyl groups is 1. The van der Waals surface area contributed by atoms with Crippen LogP contribution in [0.3, 0.4) is 0 Å². The van der Waals surface area contributed by atoms with Crippen LogP contribution in [0.2, 0.25) is 0 Å². The van der Waals surface area contributed by atoms with Crippen LogP contribution in [0.5, 0.6) is 0 Å². The van der Waals surface area contributed by atoms with E-state index in [4.69, 9.17) is 19.9 Å². The highest BCUT2D eigenvalue weighted by Crippen LogP contribution is 2.23. The zero-order chi connectivity index (χ0) is 41.1. The molecule has 4 unspecified atom stereocenters. The average molecular weight is 790 g/mol. The third-order valence-corrected chi connectivity index (χ3v) is 10.9. The molecule has 4 atom stereocenters. The molecule has 1 aromatic rings. The predicted octanol–water partition coefficient (Wildman–Crippen LogP) is 10.6. The molecule has 0 aromatic heterocycles. The molecule has 0 aliphatic heterocycles. The minimum atomic E-state index is -0.601. The van der Waals surface area contributed by atoms with Gasteiger partial charge in [0, 0.05) is 24.2 Å². The lowest BCUT2D eigenvalue weighted by atomic mass is 9.96. The van der Waals surface area contributed by atoms with Gasteiger partial charge in [0.1, 0.15) is 6.61 Å². The first-order valence-electron chi connectivity index (χ1n) is 22.6. The number of nitrogens with one attached hydrogen (secondary N) is 2. The second-order valence-electron chi connectivity index (χ2n) is 15.8. The number of anilines is 2. The maximum absolute atomic E-state index is 13.6. The summed E-state index contributed by atoms with van der Waals surface area (Å²) >= 11 is 0. The van der Waals surface area contributed by atoms with Gasteiger partial charge in [-0.25, -0.2) is 0 Å². The van der Waals surface area contributed by atoms with Gasteiger partial charge in [-0.3, -0.25) is 14.4 Å². The summed E-state index contributed by atoms with van der Waals surface area (Å²) in [6.07, 6.45) is 26.8. The van der Waals surface area contributed by atoms with E-state index in [0.29, 0.717) is 31.4 Å². The summed E-state index contributed by atoms with van der Waals surface area (Å²) in [5.41, 5.74) is 7.69. The van der Waals surface area contributed by atoms with E-state index < -0.39 is 6.10 Å². The van der Waals surface area contributed by atoms with Gasteiger partial charge in [-0.15, -0.1) is 0 Å². The molecule has 10 nitrogen and oxygen atoms in total. The minimum Gasteiger partial charge on any atom is -0.469 e. The summed E-state index contributed by atoms with van der Waals surface area (Å²) < 4.78 is 16.1. The Morgan fingerprint density at radius 1 is 0.589 bits per heavy atom. The fourth-order valence-electron chi connectivity index (χ4n) is 7.33. The Bertz CT molecular complexity index is 1100. The summed E-state index contributed by atoms with van der Waals surface area (Å²) in [4.78, 5) is 36.6. The number of carbonyl (C=O) groups is 3. The van der Waals surface area contributed by atoms with Gasteiger partial charge in [0.2, 0.25) is 5.91 Å². The molecule has 0 aliphatic carbocycles. The van der Waals surface area contributed by atoms with Crippen LogP contribution in [0.15, 0.2) is 24.3 Å². The Hall–Kier alpha value is -2.85. The molecule has 56 heavy (non-hydrogen) atoms. The van der Waals surface area contributed by atoms with Crippen molar-refractivity contribution in [3.63, 3.8) is 0 Å². The van der Waals surface area contributed by atoms with E-state index in [-0.39, 0.29) is 42.6 Å². The Kier molecular flexibility index (Phi) is 32.3. The number of hydrogen-bond acceptors (Lipinski definition) is 9. The molecule has 1 rings (SSSR count). The Morgan fingerprint density at radius 3 is 1.52 bits per heavy atom. The van der Waals surface area contributed by atoms with Crippen LogP contribution < -0.4 is 16.4 Å². The van der Waals surface area contributed by atoms with Gasteiger partial charge >= 0.3 is 11.9 Å². The van der Waals surface area contributed by atoms with Crippen molar-refractivity contribution in [1.82, 2.24) is 5.32 Å². The van der Waals surface area contributed by atoms with Crippen molar-refractivity contribution in [2.45, 2.75) is 218 Å². The summed E-state index contributed by atoms with van der Waals surface area (Å²) in [6.45, 7) is 4.39. The molecule has 324 valence electrons. The quantitative estimate of drug-likeness (QED) is 0.0292. The molecule has 0 fully saturated rings. The summed E-state index contributed by atoms with van der Waals surface area (Å²) in [6, 6.07) is 7.48. The molecule has 0 aliphatic rings. The number of methoxy groups -OCH3 is 2. The minimum absolute atomic E-state index is 0.00501. The molecule has 0 saturated heterocycles. The number of aliphatic hydroxyl groups excluding tert-OH is 1. The topological polar surface area (TPSA) is 149 Å². The molecule has 10 heteroatoms. The van der Waals surface area contributed by atoms with Crippen molar-refractivity contribution < 1.29 is 33.7 Å². The number of hydrogen-bond donors (Lipinski definition) is 4. The highest BCUT2D eigenvalue weighted by molar-refractivity contribution is 5.77. The number of unbranched alkanes of at least 4 members (excludes halogenated alkanes) is 18. The van der Waals surface area contributed by atoms with Crippen molar-refractivity contribution in [3.05, 3.63) is 24.3 Å². The standard InChI is InChI=1S/C46H83N3O7/c1-5-7-9-11-17-23-29-42(50)40(27-21-15-13-19-25-31-45(52)54-3)49-44(51)37-56-43(30-24-18-12-10-8-6-2)41(48-39-35-33-38(47)34-36-39)28-22-16-14-20-26-32-46(53)55-4/h33-36,40-43,48,50H,5-32,37,47H2,1-4H3,(H,49,51). The number of rotatable bonds is 38. The summed E-state index contributed by atoms with van der Waals surface area (Å²) in [7, 11) is 2.86. The van der Waals surface area contributed by atoms with Crippen LogP contribution in [0.25, 0.3) is 0 Å². The fraction of sp³-hybridized carbons (Fsp3) is 0.804. The molecule has 1 aromatic carbocycles. The van der Waals surface area contributed by atoms with Crippen LogP contribution in [0, 0.1) is 0 Å². The van der Waals surface area contributed by atoms with Crippen molar-refractivity contribution in [2.24, 2.45) is 0 Å². The van der Waals surface area contributed by atoms with Gasteiger partial charge < -0.3 is 35.7 Å². The highest BCUT2D eigenvalue weighted by atomic mass is 16.5. The van der Waals surface area contributed by atoms with E-state index in [1.807, 2.05) is 24.3 Å². The first-order chi connectivity index (χ1) is 27.2. The predicted molar refractivity (Wildman–Crippen MR) is 231 cm³/mol. The van der Waals surface area contributed by atoms with Gasteiger partial charge in [-0.05, 0) is 62.8 Å². The van der Waals surface area contributed by atoms with Gasteiger partial charge in [0.15, 0.2) is 0 Å². The lowest BCUT2D eigenvalue weighted by Gasteiger charge is -2.30. The molecule has 0 radical (unpaired) electrons. The molecule has 0 spiro atoms. The lowest BCUT2D eigenvalue weighted by molar-refractivity contribution is -0.141. The maximum Gasteiger partial charge on any atom is 0.305 e. The second kappa shape index (κ2) is 35.3. The molecule has 5 N–H and O–H groups in total. The van der Waals surface area contributed by atoms with Gasteiger partial charge in [-0.2, -0.15) is 0 Å². The van der Waals surface area contributed by atoms with Crippen molar-refractivity contribution >= 4 is 29.2 Å². The number of carbonyl (C=O) groups excluding carboxylic acids is 3. The summed E-state index contributed by atoms with van der Waals surface area (Å²) in [5, 5.41) is 18.2. The number of amides is 1. The van der Waals surface area contributed by atoms with Gasteiger partial charge in [0.05, 0.1) is 38.5 Å². The lowest BCUT2D eigenvalue weighted by Crippen LogP contribution is -2.46. The van der Waals surface area contributed by atoms with Crippen LogP contribution >= 0.6 is 0 Å². The number of nitrogens with two attached hydrogens (primary N) is 1. The third-order valence-electron chi connectivity index (χ3n) is 10.9. The first-order valence-corrected chi connectivity index (χ1v) is 22.6. The Morgan fingerprint density at radius 2 is 1.02 bits per heavy atom. The van der Waals surface area contributed by atoms with Crippen molar-refractivity contribution in [2.75, 3.05) is 31.9 Å². The molecule has 0 bridgehead atoms. The number of benzene rings is 1. The monoisotopic (exact) mass is 790 g/mol. The maximum atomic E-state index is 13.6. The number of esters is 2. The molecular weight excluding hydrogens is 707 g/mol.